The summed E-state index contributed by atoms with van der Waals surface area (Å²) in [5, 5.41) is 4.12. The molecule has 1 aromatic rings. The molecule has 1 aliphatic heterocycles. The number of piperazine rings is 1. The van der Waals surface area contributed by atoms with Crippen molar-refractivity contribution in [3.8, 4) is 0 Å². The summed E-state index contributed by atoms with van der Waals surface area (Å²) in [5.41, 5.74) is 0.564. The standard InChI is InChI=1S/C15H21Cl2FN2.ClH/c1-2-3-4-13(20-9-7-19-8-10-20)14-12(18)6-5-11(16)15(14)17;/h5-6,13,19H,2-4,7-10H2,1H3;1H/t13-;/m1./s1. The molecule has 1 aliphatic rings. The first-order valence-corrected chi connectivity index (χ1v) is 7.99. The number of nitrogens with zero attached hydrogens (tertiary/aromatic N) is 1. The van der Waals surface area contributed by atoms with Gasteiger partial charge in [0.25, 0.3) is 0 Å². The highest BCUT2D eigenvalue weighted by Gasteiger charge is 2.27. The highest BCUT2D eigenvalue weighted by atomic mass is 35.5. The van der Waals surface area contributed by atoms with Gasteiger partial charge in [-0.15, -0.1) is 12.4 Å². The molecule has 0 aliphatic carbocycles. The molecule has 1 atom stereocenters. The van der Waals surface area contributed by atoms with E-state index in [0.29, 0.717) is 15.6 Å². The molecule has 0 radical (unpaired) electrons. The van der Waals surface area contributed by atoms with Crippen molar-refractivity contribution < 1.29 is 4.39 Å². The first-order valence-electron chi connectivity index (χ1n) is 7.23. The Morgan fingerprint density at radius 3 is 2.57 bits per heavy atom. The molecule has 1 heterocycles. The Morgan fingerprint density at radius 1 is 1.29 bits per heavy atom. The van der Waals surface area contributed by atoms with Crippen molar-refractivity contribution in [2.75, 3.05) is 26.2 Å². The van der Waals surface area contributed by atoms with E-state index in [1.807, 2.05) is 0 Å². The van der Waals surface area contributed by atoms with Crippen molar-refractivity contribution in [3.05, 3.63) is 33.6 Å². The van der Waals surface area contributed by atoms with Crippen LogP contribution in [-0.4, -0.2) is 31.1 Å². The van der Waals surface area contributed by atoms with Crippen LogP contribution in [-0.2, 0) is 0 Å². The van der Waals surface area contributed by atoms with Crippen molar-refractivity contribution >= 4 is 35.6 Å². The molecular formula is C15H22Cl3FN2. The van der Waals surface area contributed by atoms with Gasteiger partial charge in [-0.3, -0.25) is 4.90 Å². The number of hydrogen-bond acceptors (Lipinski definition) is 2. The van der Waals surface area contributed by atoms with Crippen molar-refractivity contribution in [1.29, 1.82) is 0 Å². The lowest BCUT2D eigenvalue weighted by molar-refractivity contribution is 0.160. The summed E-state index contributed by atoms with van der Waals surface area (Å²) in [6.07, 6.45) is 3.05. The summed E-state index contributed by atoms with van der Waals surface area (Å²) in [7, 11) is 0. The van der Waals surface area contributed by atoms with Gasteiger partial charge >= 0.3 is 0 Å². The Hall–Kier alpha value is -0.0600. The molecule has 0 bridgehead atoms. The first-order chi connectivity index (χ1) is 9.65. The molecule has 0 spiro atoms. The van der Waals surface area contributed by atoms with Gasteiger partial charge in [0, 0.05) is 37.8 Å². The monoisotopic (exact) mass is 354 g/mol. The molecule has 1 N–H and O–H groups in total. The van der Waals surface area contributed by atoms with Gasteiger partial charge in [-0.1, -0.05) is 43.0 Å². The topological polar surface area (TPSA) is 15.3 Å². The normalized spacial score (nSPS) is 17.3. The molecule has 0 unspecified atom stereocenters. The Balaban J connectivity index is 0.00000220. The minimum Gasteiger partial charge on any atom is -0.314 e. The van der Waals surface area contributed by atoms with Gasteiger partial charge in [-0.05, 0) is 18.6 Å². The number of nitrogens with one attached hydrogen (secondary N) is 1. The molecule has 1 saturated heterocycles. The number of hydrogen-bond donors (Lipinski definition) is 1. The minimum atomic E-state index is -0.251. The third-order valence-corrected chi connectivity index (χ3v) is 4.66. The second-order valence-corrected chi connectivity index (χ2v) is 5.99. The van der Waals surface area contributed by atoms with Crippen LogP contribution in [0.4, 0.5) is 4.39 Å². The van der Waals surface area contributed by atoms with E-state index in [2.05, 4.69) is 17.1 Å². The zero-order valence-electron chi connectivity index (χ0n) is 12.2. The number of unbranched alkanes of at least 4 members (excludes halogenated alkanes) is 1. The van der Waals surface area contributed by atoms with Gasteiger partial charge in [0.05, 0.1) is 10.0 Å². The van der Waals surface area contributed by atoms with Crippen LogP contribution in [0, 0.1) is 5.82 Å². The maximum Gasteiger partial charge on any atom is 0.129 e. The third-order valence-electron chi connectivity index (χ3n) is 3.84. The van der Waals surface area contributed by atoms with Crippen LogP contribution in [0.1, 0.15) is 37.8 Å². The van der Waals surface area contributed by atoms with Gasteiger partial charge in [0.2, 0.25) is 0 Å². The van der Waals surface area contributed by atoms with Crippen LogP contribution < -0.4 is 5.32 Å². The summed E-state index contributed by atoms with van der Waals surface area (Å²) < 4.78 is 14.3. The summed E-state index contributed by atoms with van der Waals surface area (Å²) in [6, 6.07) is 2.96. The van der Waals surface area contributed by atoms with Crippen LogP contribution in [0.25, 0.3) is 0 Å². The maximum absolute atomic E-state index is 14.3. The zero-order valence-corrected chi connectivity index (χ0v) is 14.5. The van der Waals surface area contributed by atoms with E-state index in [4.69, 9.17) is 23.2 Å². The van der Waals surface area contributed by atoms with Crippen LogP contribution in [0.2, 0.25) is 10.0 Å². The average Bonchev–Trinajstić information content (AvgIpc) is 2.47. The summed E-state index contributed by atoms with van der Waals surface area (Å²) in [6.45, 7) is 5.84. The molecule has 1 aromatic carbocycles. The SMILES string of the molecule is CCCC[C@H](c1c(F)ccc(Cl)c1Cl)N1CCNCC1.Cl. The van der Waals surface area contributed by atoms with E-state index in [1.54, 1.807) is 0 Å². The van der Waals surface area contributed by atoms with E-state index < -0.39 is 0 Å². The smallest absolute Gasteiger partial charge is 0.129 e. The van der Waals surface area contributed by atoms with Crippen molar-refractivity contribution in [1.82, 2.24) is 10.2 Å². The Bertz CT molecular complexity index is 451. The van der Waals surface area contributed by atoms with Gasteiger partial charge < -0.3 is 5.32 Å². The molecule has 21 heavy (non-hydrogen) atoms. The van der Waals surface area contributed by atoms with Crippen LogP contribution in [0.15, 0.2) is 12.1 Å². The fourth-order valence-corrected chi connectivity index (χ4v) is 3.19. The number of benzene rings is 1. The van der Waals surface area contributed by atoms with Crippen LogP contribution in [0.3, 0.4) is 0 Å². The molecular weight excluding hydrogens is 334 g/mol. The van der Waals surface area contributed by atoms with Gasteiger partial charge in [-0.25, -0.2) is 4.39 Å². The van der Waals surface area contributed by atoms with Crippen molar-refractivity contribution in [2.24, 2.45) is 0 Å². The van der Waals surface area contributed by atoms with Crippen molar-refractivity contribution in [2.45, 2.75) is 32.2 Å². The molecule has 0 amide bonds. The zero-order chi connectivity index (χ0) is 14.5. The third kappa shape index (κ3) is 4.70. The molecule has 2 rings (SSSR count). The molecule has 120 valence electrons. The quantitative estimate of drug-likeness (QED) is 0.771. The molecule has 0 saturated carbocycles. The Labute approximate surface area is 142 Å². The van der Waals surface area contributed by atoms with E-state index in [1.165, 1.54) is 12.1 Å². The summed E-state index contributed by atoms with van der Waals surface area (Å²) in [4.78, 5) is 2.31. The predicted octanol–water partition coefficient (Wildman–Crippen LogP) is 4.69. The average molecular weight is 356 g/mol. The second kappa shape index (κ2) is 9.16. The second-order valence-electron chi connectivity index (χ2n) is 5.20. The fraction of sp³-hybridized carbons (Fsp3) is 0.600. The van der Waals surface area contributed by atoms with Gasteiger partial charge in [0.15, 0.2) is 0 Å². The fourth-order valence-electron chi connectivity index (χ4n) is 2.75. The molecule has 0 aromatic heterocycles. The van der Waals surface area contributed by atoms with Crippen LogP contribution in [0.5, 0.6) is 0 Å². The predicted molar refractivity (Wildman–Crippen MR) is 90.4 cm³/mol. The highest BCUT2D eigenvalue weighted by molar-refractivity contribution is 6.42. The summed E-state index contributed by atoms with van der Waals surface area (Å²) >= 11 is 12.4. The Kier molecular flexibility index (Phi) is 8.28. The summed E-state index contributed by atoms with van der Waals surface area (Å²) in [5.74, 6) is -0.251. The lowest BCUT2D eigenvalue weighted by atomic mass is 9.98. The lowest BCUT2D eigenvalue weighted by Crippen LogP contribution is -2.45. The molecule has 2 nitrogen and oxygen atoms in total. The minimum absolute atomic E-state index is 0. The maximum atomic E-state index is 14.3. The first kappa shape index (κ1) is 19.0. The highest BCUT2D eigenvalue weighted by Crippen LogP contribution is 2.37. The largest absolute Gasteiger partial charge is 0.314 e. The number of rotatable bonds is 5. The lowest BCUT2D eigenvalue weighted by Gasteiger charge is -2.36. The van der Waals surface area contributed by atoms with E-state index >= 15 is 0 Å². The van der Waals surface area contributed by atoms with Crippen LogP contribution >= 0.6 is 35.6 Å². The molecule has 1 fully saturated rings. The van der Waals surface area contributed by atoms with E-state index in [0.717, 1.165) is 45.4 Å². The molecule has 6 heteroatoms. The van der Waals surface area contributed by atoms with Gasteiger partial charge in [-0.2, -0.15) is 0 Å². The van der Waals surface area contributed by atoms with Gasteiger partial charge in [0.1, 0.15) is 5.82 Å². The van der Waals surface area contributed by atoms with Crippen molar-refractivity contribution in [3.63, 3.8) is 0 Å². The van der Waals surface area contributed by atoms with E-state index in [-0.39, 0.29) is 24.3 Å². The number of halogens is 4. The Morgan fingerprint density at radius 2 is 1.95 bits per heavy atom. The van der Waals surface area contributed by atoms with E-state index in [9.17, 15) is 4.39 Å².